The number of carbonyl (C=O) groups is 1. The van der Waals surface area contributed by atoms with Gasteiger partial charge in [-0.1, -0.05) is 12.1 Å². The molecule has 0 radical (unpaired) electrons. The van der Waals surface area contributed by atoms with Gasteiger partial charge in [0.15, 0.2) is 0 Å². The van der Waals surface area contributed by atoms with Crippen molar-refractivity contribution in [3.05, 3.63) is 84.1 Å². The third-order valence-corrected chi connectivity index (χ3v) is 5.83. The van der Waals surface area contributed by atoms with E-state index in [1.165, 1.54) is 12.1 Å². The summed E-state index contributed by atoms with van der Waals surface area (Å²) in [5.74, 6) is -0.734. The second kappa shape index (κ2) is 10.6. The van der Waals surface area contributed by atoms with Crippen molar-refractivity contribution in [2.45, 2.75) is 6.54 Å². The second-order valence-electron chi connectivity index (χ2n) is 8.53. The molecule has 5 rings (SSSR count). The molecule has 184 valence electrons. The van der Waals surface area contributed by atoms with Crippen LogP contribution in [0.2, 0.25) is 0 Å². The monoisotopic (exact) mass is 487 g/mol. The number of rotatable bonds is 7. The van der Waals surface area contributed by atoms with Crippen molar-refractivity contribution in [3.63, 3.8) is 0 Å². The summed E-state index contributed by atoms with van der Waals surface area (Å²) in [4.78, 5) is 23.7. The zero-order valence-electron chi connectivity index (χ0n) is 19.8. The highest BCUT2D eigenvalue weighted by Crippen LogP contribution is 2.22. The van der Waals surface area contributed by atoms with Crippen molar-refractivity contribution in [2.24, 2.45) is 7.05 Å². The highest BCUT2D eigenvalue weighted by molar-refractivity contribution is 6.04. The van der Waals surface area contributed by atoms with Crippen LogP contribution < -0.4 is 10.6 Å². The number of nitrogens with zero attached hydrogens (tertiary/aromatic N) is 5. The molecule has 1 fully saturated rings. The van der Waals surface area contributed by atoms with Gasteiger partial charge in [0, 0.05) is 55.9 Å². The standard InChI is InChI=1S/C26H26FN7O2/c1-33-17-20(15-29-33)23-7-8-28-26(31-23)32-24-6-5-19(14-22(24)27)25(35)30-21-4-2-3-18(13-21)16-34-9-11-36-12-10-34/h2-8,13-15,17H,9-12,16H2,1H3,(H,30,35)(H,28,31,32). The van der Waals surface area contributed by atoms with Gasteiger partial charge >= 0.3 is 0 Å². The van der Waals surface area contributed by atoms with Crippen LogP contribution in [0.15, 0.2) is 67.1 Å². The number of aromatic nitrogens is 4. The van der Waals surface area contributed by atoms with Crippen molar-refractivity contribution in [1.29, 1.82) is 0 Å². The van der Waals surface area contributed by atoms with E-state index in [0.717, 1.165) is 44.0 Å². The van der Waals surface area contributed by atoms with Crippen molar-refractivity contribution in [2.75, 3.05) is 36.9 Å². The van der Waals surface area contributed by atoms with Gasteiger partial charge in [-0.2, -0.15) is 5.10 Å². The van der Waals surface area contributed by atoms with Gasteiger partial charge in [-0.3, -0.25) is 14.4 Å². The zero-order valence-corrected chi connectivity index (χ0v) is 19.8. The maximum Gasteiger partial charge on any atom is 0.255 e. The predicted molar refractivity (Wildman–Crippen MR) is 134 cm³/mol. The summed E-state index contributed by atoms with van der Waals surface area (Å²) < 4.78 is 21.9. The number of aryl methyl sites for hydroxylation is 1. The molecule has 1 amide bonds. The number of morpholine rings is 1. The minimum atomic E-state index is -0.584. The van der Waals surface area contributed by atoms with E-state index >= 15 is 0 Å². The van der Waals surface area contributed by atoms with Gasteiger partial charge in [0.05, 0.1) is 30.8 Å². The minimum absolute atomic E-state index is 0.169. The number of carbonyl (C=O) groups excluding carboxylic acids is 1. The molecule has 0 aliphatic carbocycles. The van der Waals surface area contributed by atoms with Crippen molar-refractivity contribution in [3.8, 4) is 11.3 Å². The maximum atomic E-state index is 14.9. The SMILES string of the molecule is Cn1cc(-c2ccnc(Nc3ccc(C(=O)Nc4cccc(CN5CCOCC5)c4)cc3F)n2)cn1. The highest BCUT2D eigenvalue weighted by Gasteiger charge is 2.14. The molecule has 2 aromatic heterocycles. The summed E-state index contributed by atoms with van der Waals surface area (Å²) in [6.45, 7) is 4.01. The second-order valence-corrected chi connectivity index (χ2v) is 8.53. The lowest BCUT2D eigenvalue weighted by Gasteiger charge is -2.26. The molecule has 9 nitrogen and oxygen atoms in total. The van der Waals surface area contributed by atoms with E-state index < -0.39 is 11.7 Å². The molecular formula is C26H26FN7O2. The van der Waals surface area contributed by atoms with Crippen LogP contribution in [-0.2, 0) is 18.3 Å². The first-order chi connectivity index (χ1) is 17.5. The Kier molecular flexibility index (Phi) is 6.96. The Morgan fingerprint density at radius 1 is 1.14 bits per heavy atom. The van der Waals surface area contributed by atoms with E-state index in [-0.39, 0.29) is 17.2 Å². The van der Waals surface area contributed by atoms with Gasteiger partial charge in [0.2, 0.25) is 5.95 Å². The molecule has 10 heteroatoms. The van der Waals surface area contributed by atoms with E-state index in [4.69, 9.17) is 4.74 Å². The van der Waals surface area contributed by atoms with E-state index in [1.54, 1.807) is 29.2 Å². The molecule has 3 heterocycles. The van der Waals surface area contributed by atoms with Crippen LogP contribution in [0.1, 0.15) is 15.9 Å². The van der Waals surface area contributed by atoms with Gasteiger partial charge < -0.3 is 15.4 Å². The highest BCUT2D eigenvalue weighted by atomic mass is 19.1. The van der Waals surface area contributed by atoms with Gasteiger partial charge in [-0.15, -0.1) is 0 Å². The first kappa shape index (κ1) is 23.6. The third kappa shape index (κ3) is 5.73. The van der Waals surface area contributed by atoms with Gasteiger partial charge in [-0.25, -0.2) is 14.4 Å². The molecule has 36 heavy (non-hydrogen) atoms. The number of ether oxygens (including phenoxy) is 1. The Hall–Kier alpha value is -4.15. The smallest absolute Gasteiger partial charge is 0.255 e. The Morgan fingerprint density at radius 2 is 2.00 bits per heavy atom. The molecule has 4 aromatic rings. The number of nitrogens with one attached hydrogen (secondary N) is 2. The summed E-state index contributed by atoms with van der Waals surface area (Å²) >= 11 is 0. The average Bonchev–Trinajstić information content (AvgIpc) is 3.32. The van der Waals surface area contributed by atoms with Crippen molar-refractivity contribution < 1.29 is 13.9 Å². The molecule has 0 bridgehead atoms. The molecule has 1 aliphatic heterocycles. The Bertz CT molecular complexity index is 1370. The van der Waals surface area contributed by atoms with E-state index in [2.05, 4.69) is 30.6 Å². The average molecular weight is 488 g/mol. The van der Waals surface area contributed by atoms with Crippen LogP contribution >= 0.6 is 0 Å². The van der Waals surface area contributed by atoms with Gasteiger partial charge in [-0.05, 0) is 42.0 Å². The quantitative estimate of drug-likeness (QED) is 0.409. The zero-order chi connectivity index (χ0) is 24.9. The summed E-state index contributed by atoms with van der Waals surface area (Å²) in [6, 6.07) is 13.7. The fourth-order valence-corrected chi connectivity index (χ4v) is 3.98. The molecule has 0 spiro atoms. The first-order valence-electron chi connectivity index (χ1n) is 11.6. The lowest BCUT2D eigenvalue weighted by Crippen LogP contribution is -2.35. The molecule has 1 saturated heterocycles. The Labute approximate surface area is 207 Å². The molecule has 0 saturated carbocycles. The number of hydrogen-bond acceptors (Lipinski definition) is 7. The van der Waals surface area contributed by atoms with Crippen LogP contribution in [0.25, 0.3) is 11.3 Å². The number of amides is 1. The number of anilines is 3. The molecule has 0 atom stereocenters. The van der Waals surface area contributed by atoms with E-state index in [1.807, 2.05) is 37.5 Å². The predicted octanol–water partition coefficient (Wildman–Crippen LogP) is 3.84. The maximum absolute atomic E-state index is 14.9. The largest absolute Gasteiger partial charge is 0.379 e. The van der Waals surface area contributed by atoms with E-state index in [9.17, 15) is 9.18 Å². The number of benzene rings is 2. The fourth-order valence-electron chi connectivity index (χ4n) is 3.98. The molecule has 2 N–H and O–H groups in total. The molecule has 0 unspecified atom stereocenters. The fraction of sp³-hybridized carbons (Fsp3) is 0.231. The normalized spacial score (nSPS) is 13.9. The summed E-state index contributed by atoms with van der Waals surface area (Å²) in [5, 5.41) is 9.88. The van der Waals surface area contributed by atoms with Crippen molar-refractivity contribution >= 4 is 23.2 Å². The minimum Gasteiger partial charge on any atom is -0.379 e. The lowest BCUT2D eigenvalue weighted by atomic mass is 10.1. The summed E-state index contributed by atoms with van der Waals surface area (Å²) in [6.07, 6.45) is 5.11. The lowest BCUT2D eigenvalue weighted by molar-refractivity contribution is 0.0342. The topological polar surface area (TPSA) is 97.2 Å². The van der Waals surface area contributed by atoms with Crippen LogP contribution in [0, 0.1) is 5.82 Å². The summed E-state index contributed by atoms with van der Waals surface area (Å²) in [5.41, 5.74) is 3.62. The van der Waals surface area contributed by atoms with Crippen LogP contribution in [0.3, 0.4) is 0 Å². The Balaban J connectivity index is 1.24. The van der Waals surface area contributed by atoms with Crippen molar-refractivity contribution in [1.82, 2.24) is 24.6 Å². The summed E-state index contributed by atoms with van der Waals surface area (Å²) in [7, 11) is 1.82. The Morgan fingerprint density at radius 3 is 2.78 bits per heavy atom. The first-order valence-corrected chi connectivity index (χ1v) is 11.6. The third-order valence-electron chi connectivity index (χ3n) is 5.83. The molecule has 2 aromatic carbocycles. The van der Waals surface area contributed by atoms with E-state index in [0.29, 0.717) is 11.4 Å². The molecule has 1 aliphatic rings. The van der Waals surface area contributed by atoms with Crippen LogP contribution in [-0.4, -0.2) is 56.9 Å². The molecular weight excluding hydrogens is 461 g/mol. The van der Waals surface area contributed by atoms with Crippen LogP contribution in [0.4, 0.5) is 21.7 Å². The van der Waals surface area contributed by atoms with Crippen LogP contribution in [0.5, 0.6) is 0 Å². The van der Waals surface area contributed by atoms with Gasteiger partial charge in [0.1, 0.15) is 5.82 Å². The van der Waals surface area contributed by atoms with Gasteiger partial charge in [0.25, 0.3) is 5.91 Å². The number of hydrogen-bond donors (Lipinski definition) is 2. The number of halogens is 1.